The van der Waals surface area contributed by atoms with Crippen molar-refractivity contribution in [1.29, 1.82) is 0 Å². The topological polar surface area (TPSA) is 81.9 Å². The van der Waals surface area contributed by atoms with E-state index in [1.165, 1.54) is 0 Å². The molecule has 0 bridgehead atoms. The maximum Gasteiger partial charge on any atom is 0.306 e. The average molecular weight is 323 g/mol. The van der Waals surface area contributed by atoms with E-state index in [0.717, 1.165) is 6.42 Å². The van der Waals surface area contributed by atoms with Crippen molar-refractivity contribution in [2.24, 2.45) is 17.6 Å². The van der Waals surface area contributed by atoms with Gasteiger partial charge < -0.3 is 20.1 Å². The number of carbonyl (C=O) groups excluding carboxylic acids is 2. The number of ether oxygens (including phenoxy) is 2. The van der Waals surface area contributed by atoms with Gasteiger partial charge >= 0.3 is 5.97 Å². The predicted octanol–water partition coefficient (Wildman–Crippen LogP) is 0.821. The third-order valence-corrected chi connectivity index (χ3v) is 3.31. The SMILES string of the molecule is CC(C)C[C@H](CN)CC(=O)OCC(=O)N1CCOCC1.Cl. The Morgan fingerprint density at radius 1 is 1.29 bits per heavy atom. The first-order chi connectivity index (χ1) is 9.52. The van der Waals surface area contributed by atoms with Crippen LogP contribution in [0.3, 0.4) is 0 Å². The molecule has 0 saturated carbocycles. The normalized spacial score (nSPS) is 16.3. The summed E-state index contributed by atoms with van der Waals surface area (Å²) in [6.45, 7) is 6.69. The lowest BCUT2D eigenvalue weighted by molar-refractivity contribution is -0.154. The van der Waals surface area contributed by atoms with E-state index in [4.69, 9.17) is 15.2 Å². The number of amides is 1. The Morgan fingerprint density at radius 3 is 2.43 bits per heavy atom. The van der Waals surface area contributed by atoms with Crippen molar-refractivity contribution in [1.82, 2.24) is 4.90 Å². The van der Waals surface area contributed by atoms with Gasteiger partial charge in [-0.2, -0.15) is 0 Å². The molecule has 0 aromatic rings. The highest BCUT2D eigenvalue weighted by Crippen LogP contribution is 2.14. The molecule has 1 heterocycles. The summed E-state index contributed by atoms with van der Waals surface area (Å²) < 4.78 is 10.2. The van der Waals surface area contributed by atoms with Crippen LogP contribution in [-0.4, -0.2) is 56.2 Å². The summed E-state index contributed by atoms with van der Waals surface area (Å²) in [6, 6.07) is 0. The van der Waals surface area contributed by atoms with Crippen LogP contribution in [0.2, 0.25) is 0 Å². The van der Waals surface area contributed by atoms with Crippen molar-refractivity contribution in [3.63, 3.8) is 0 Å². The van der Waals surface area contributed by atoms with Crippen LogP contribution >= 0.6 is 12.4 Å². The third-order valence-electron chi connectivity index (χ3n) is 3.31. The van der Waals surface area contributed by atoms with Gasteiger partial charge in [-0.3, -0.25) is 9.59 Å². The lowest BCUT2D eigenvalue weighted by Crippen LogP contribution is -2.42. The van der Waals surface area contributed by atoms with E-state index < -0.39 is 0 Å². The van der Waals surface area contributed by atoms with E-state index in [-0.39, 0.29) is 43.2 Å². The van der Waals surface area contributed by atoms with Crippen molar-refractivity contribution < 1.29 is 19.1 Å². The maximum atomic E-state index is 11.8. The van der Waals surface area contributed by atoms with Crippen LogP contribution in [0.25, 0.3) is 0 Å². The van der Waals surface area contributed by atoms with Crippen molar-refractivity contribution in [2.75, 3.05) is 39.5 Å². The molecule has 1 amide bonds. The van der Waals surface area contributed by atoms with Crippen molar-refractivity contribution >= 4 is 24.3 Å². The van der Waals surface area contributed by atoms with E-state index in [9.17, 15) is 9.59 Å². The Labute approximate surface area is 132 Å². The smallest absolute Gasteiger partial charge is 0.306 e. The zero-order valence-electron chi connectivity index (χ0n) is 12.9. The van der Waals surface area contributed by atoms with Gasteiger partial charge in [-0.05, 0) is 24.8 Å². The molecule has 2 N–H and O–H groups in total. The van der Waals surface area contributed by atoms with Crippen LogP contribution < -0.4 is 5.73 Å². The Bertz CT molecular complexity index is 320. The van der Waals surface area contributed by atoms with Crippen LogP contribution in [0.5, 0.6) is 0 Å². The molecule has 0 aromatic carbocycles. The lowest BCUT2D eigenvalue weighted by atomic mass is 9.94. The van der Waals surface area contributed by atoms with Crippen LogP contribution in [0.4, 0.5) is 0 Å². The highest BCUT2D eigenvalue weighted by atomic mass is 35.5. The van der Waals surface area contributed by atoms with Crippen molar-refractivity contribution in [3.05, 3.63) is 0 Å². The minimum atomic E-state index is -0.345. The number of esters is 1. The van der Waals surface area contributed by atoms with Gasteiger partial charge in [0.15, 0.2) is 6.61 Å². The molecule has 1 aliphatic rings. The highest BCUT2D eigenvalue weighted by Gasteiger charge is 2.20. The molecule has 0 aromatic heterocycles. The van der Waals surface area contributed by atoms with E-state index >= 15 is 0 Å². The van der Waals surface area contributed by atoms with E-state index in [1.54, 1.807) is 4.90 Å². The minimum Gasteiger partial charge on any atom is -0.456 e. The quantitative estimate of drug-likeness (QED) is 0.702. The fraction of sp³-hybridized carbons (Fsp3) is 0.857. The molecule has 6 nitrogen and oxygen atoms in total. The van der Waals surface area contributed by atoms with Crippen LogP contribution in [0.15, 0.2) is 0 Å². The van der Waals surface area contributed by atoms with Gasteiger partial charge in [0.25, 0.3) is 5.91 Å². The van der Waals surface area contributed by atoms with E-state index in [0.29, 0.717) is 38.8 Å². The molecule has 1 aliphatic heterocycles. The molecular weight excluding hydrogens is 296 g/mol. The molecule has 0 unspecified atom stereocenters. The maximum absolute atomic E-state index is 11.8. The van der Waals surface area contributed by atoms with Gasteiger partial charge in [0.05, 0.1) is 13.2 Å². The number of nitrogens with two attached hydrogens (primary N) is 1. The molecule has 1 atom stereocenters. The van der Waals surface area contributed by atoms with Gasteiger partial charge in [-0.25, -0.2) is 0 Å². The number of hydrogen-bond donors (Lipinski definition) is 1. The largest absolute Gasteiger partial charge is 0.456 e. The van der Waals surface area contributed by atoms with Gasteiger partial charge in [0, 0.05) is 19.5 Å². The van der Waals surface area contributed by atoms with Gasteiger partial charge in [0.1, 0.15) is 0 Å². The first kappa shape index (κ1) is 20.1. The Morgan fingerprint density at radius 2 is 1.90 bits per heavy atom. The summed E-state index contributed by atoms with van der Waals surface area (Å²) in [6.07, 6.45) is 1.17. The Kier molecular flexibility index (Phi) is 10.4. The summed E-state index contributed by atoms with van der Waals surface area (Å²) in [5, 5.41) is 0. The monoisotopic (exact) mass is 322 g/mol. The second-order valence-electron chi connectivity index (χ2n) is 5.59. The van der Waals surface area contributed by atoms with E-state index in [2.05, 4.69) is 13.8 Å². The van der Waals surface area contributed by atoms with Crippen molar-refractivity contribution in [2.45, 2.75) is 26.7 Å². The molecule has 0 spiro atoms. The standard InChI is InChI=1S/C14H26N2O4.ClH/c1-11(2)7-12(9-15)8-14(18)20-10-13(17)16-3-5-19-6-4-16;/h11-12H,3-10,15H2,1-2H3;1H/t12-;/m0./s1. The number of carbonyl (C=O) groups is 2. The third kappa shape index (κ3) is 8.24. The average Bonchev–Trinajstić information content (AvgIpc) is 2.44. The summed E-state index contributed by atoms with van der Waals surface area (Å²) in [7, 11) is 0. The fourth-order valence-electron chi connectivity index (χ4n) is 2.27. The minimum absolute atomic E-state index is 0. The van der Waals surface area contributed by atoms with Gasteiger partial charge in [0.2, 0.25) is 0 Å². The first-order valence-electron chi connectivity index (χ1n) is 7.24. The Hall–Kier alpha value is -0.850. The number of morpholine rings is 1. The molecule has 0 aliphatic carbocycles. The molecule has 7 heteroatoms. The van der Waals surface area contributed by atoms with Gasteiger partial charge in [-0.15, -0.1) is 12.4 Å². The van der Waals surface area contributed by atoms with Crippen LogP contribution in [-0.2, 0) is 19.1 Å². The second-order valence-corrected chi connectivity index (χ2v) is 5.59. The van der Waals surface area contributed by atoms with Crippen LogP contribution in [0, 0.1) is 11.8 Å². The summed E-state index contributed by atoms with van der Waals surface area (Å²) in [5.41, 5.74) is 5.65. The lowest BCUT2D eigenvalue weighted by Gasteiger charge is -2.26. The molecule has 124 valence electrons. The molecule has 1 rings (SSSR count). The first-order valence-corrected chi connectivity index (χ1v) is 7.24. The number of hydrogen-bond acceptors (Lipinski definition) is 5. The van der Waals surface area contributed by atoms with Crippen molar-refractivity contribution in [3.8, 4) is 0 Å². The molecule has 1 fully saturated rings. The Balaban J connectivity index is 0.00000400. The molecule has 0 radical (unpaired) electrons. The summed E-state index contributed by atoms with van der Waals surface area (Å²) in [5.74, 6) is 0.116. The number of halogens is 1. The zero-order chi connectivity index (χ0) is 15.0. The zero-order valence-corrected chi connectivity index (χ0v) is 13.7. The predicted molar refractivity (Wildman–Crippen MR) is 82.2 cm³/mol. The summed E-state index contributed by atoms with van der Waals surface area (Å²) >= 11 is 0. The van der Waals surface area contributed by atoms with E-state index in [1.807, 2.05) is 0 Å². The highest BCUT2D eigenvalue weighted by molar-refractivity contribution is 5.85. The second kappa shape index (κ2) is 10.8. The number of nitrogens with zero attached hydrogens (tertiary/aromatic N) is 1. The van der Waals surface area contributed by atoms with Crippen LogP contribution in [0.1, 0.15) is 26.7 Å². The fourth-order valence-corrected chi connectivity index (χ4v) is 2.27. The summed E-state index contributed by atoms with van der Waals surface area (Å²) in [4.78, 5) is 25.2. The van der Waals surface area contributed by atoms with Gasteiger partial charge in [-0.1, -0.05) is 13.8 Å². The molecule has 21 heavy (non-hydrogen) atoms. The molecule has 1 saturated heterocycles. The molecular formula is C14H27ClN2O4. The number of rotatable bonds is 7.